The molecule has 0 bridgehead atoms. The number of amides is 2. The average molecular weight is 524 g/mol. The number of carbonyl (C=O) groups excluding carboxylic acids is 2. The number of benzene rings is 1. The van der Waals surface area contributed by atoms with Crippen LogP contribution < -0.4 is 10.6 Å². The number of aromatic amines is 1. The summed E-state index contributed by atoms with van der Waals surface area (Å²) < 4.78 is 1.72. The Kier molecular flexibility index (Phi) is 7.42. The number of anilines is 1. The van der Waals surface area contributed by atoms with Crippen molar-refractivity contribution >= 4 is 29.2 Å². The largest absolute Gasteiger partial charge is 0.358 e. The predicted molar refractivity (Wildman–Crippen MR) is 154 cm³/mol. The molecule has 0 radical (unpaired) electrons. The van der Waals surface area contributed by atoms with Crippen LogP contribution in [0.1, 0.15) is 46.7 Å². The van der Waals surface area contributed by atoms with Crippen LogP contribution in [0.3, 0.4) is 0 Å². The molecule has 4 heterocycles. The summed E-state index contributed by atoms with van der Waals surface area (Å²) in [6.45, 7) is 11.3. The number of carbonyl (C=O) groups is 2. The van der Waals surface area contributed by atoms with E-state index in [9.17, 15) is 9.59 Å². The van der Waals surface area contributed by atoms with Crippen LogP contribution in [0.5, 0.6) is 0 Å². The van der Waals surface area contributed by atoms with E-state index in [-0.39, 0.29) is 11.8 Å². The van der Waals surface area contributed by atoms with Gasteiger partial charge in [-0.05, 0) is 68.4 Å². The molecule has 200 valence electrons. The quantitative estimate of drug-likeness (QED) is 0.281. The van der Waals surface area contributed by atoms with Crippen LogP contribution in [-0.2, 0) is 4.79 Å². The van der Waals surface area contributed by atoms with E-state index in [4.69, 9.17) is 0 Å². The van der Waals surface area contributed by atoms with Crippen LogP contribution >= 0.6 is 0 Å². The number of rotatable bonds is 9. The van der Waals surface area contributed by atoms with Crippen LogP contribution in [0.4, 0.5) is 5.69 Å². The fourth-order valence-corrected chi connectivity index (χ4v) is 4.96. The molecule has 0 atom stereocenters. The van der Waals surface area contributed by atoms with E-state index in [0.717, 1.165) is 64.8 Å². The van der Waals surface area contributed by atoms with Crippen LogP contribution in [0.2, 0.25) is 0 Å². The van der Waals surface area contributed by atoms with Gasteiger partial charge in [-0.3, -0.25) is 9.59 Å². The van der Waals surface area contributed by atoms with E-state index in [1.165, 1.54) is 0 Å². The molecule has 3 aromatic heterocycles. The first-order valence-corrected chi connectivity index (χ1v) is 13.2. The smallest absolute Gasteiger partial charge is 0.256 e. The Balaban J connectivity index is 1.41. The zero-order valence-electron chi connectivity index (χ0n) is 22.7. The van der Waals surface area contributed by atoms with Crippen molar-refractivity contribution in [2.75, 3.05) is 31.5 Å². The fraction of sp³-hybridized carbons (Fsp3) is 0.267. The minimum Gasteiger partial charge on any atom is -0.358 e. The molecule has 5 rings (SSSR count). The Morgan fingerprint density at radius 2 is 1.95 bits per heavy atom. The molecule has 3 N–H and O–H groups in total. The summed E-state index contributed by atoms with van der Waals surface area (Å²) in [7, 11) is 0. The monoisotopic (exact) mass is 523 g/mol. The van der Waals surface area contributed by atoms with Gasteiger partial charge in [0.15, 0.2) is 5.82 Å². The van der Waals surface area contributed by atoms with Crippen molar-refractivity contribution in [2.24, 2.45) is 0 Å². The lowest BCUT2D eigenvalue weighted by molar-refractivity contribution is -0.110. The van der Waals surface area contributed by atoms with E-state index in [2.05, 4.69) is 44.4 Å². The molecule has 0 fully saturated rings. The van der Waals surface area contributed by atoms with E-state index in [1.807, 2.05) is 62.5 Å². The number of likely N-dealkylation sites (N-methyl/N-ethyl adjacent to an activating group) is 1. The maximum atomic E-state index is 13.0. The van der Waals surface area contributed by atoms with Crippen LogP contribution in [0.15, 0.2) is 55.0 Å². The standard InChI is InChI=1S/C30H33N7O2/c1-5-36(6-2)14-13-32-30(39)28-19(3)26(34-20(28)4)16-24-23-15-21(10-11-25(23)35-29(24)38)22-17-33-37(18-22)27-9-7-8-12-31-27/h7-12,15-18,34H,5-6,13-14H2,1-4H3,(H,32,39)(H,35,38)/b24-16-. The van der Waals surface area contributed by atoms with Gasteiger partial charge in [0, 0.05) is 53.7 Å². The summed E-state index contributed by atoms with van der Waals surface area (Å²) in [5.74, 6) is 0.442. The molecular weight excluding hydrogens is 490 g/mol. The lowest BCUT2D eigenvalue weighted by atomic mass is 10.00. The van der Waals surface area contributed by atoms with Crippen molar-refractivity contribution in [3.05, 3.63) is 83.1 Å². The van der Waals surface area contributed by atoms with E-state index < -0.39 is 0 Å². The van der Waals surface area contributed by atoms with Gasteiger partial charge in [0.05, 0.1) is 17.3 Å². The van der Waals surface area contributed by atoms with E-state index in [0.29, 0.717) is 17.7 Å². The van der Waals surface area contributed by atoms with Crippen molar-refractivity contribution < 1.29 is 9.59 Å². The highest BCUT2D eigenvalue weighted by Gasteiger charge is 2.26. The zero-order valence-corrected chi connectivity index (χ0v) is 22.7. The maximum Gasteiger partial charge on any atom is 0.256 e. The van der Waals surface area contributed by atoms with Crippen LogP contribution in [0, 0.1) is 13.8 Å². The Morgan fingerprint density at radius 1 is 1.13 bits per heavy atom. The summed E-state index contributed by atoms with van der Waals surface area (Å²) in [5.41, 5.74) is 6.90. The van der Waals surface area contributed by atoms with Gasteiger partial charge in [-0.2, -0.15) is 5.10 Å². The van der Waals surface area contributed by atoms with Crippen molar-refractivity contribution in [1.29, 1.82) is 0 Å². The second-order valence-electron chi connectivity index (χ2n) is 9.58. The molecule has 9 heteroatoms. The summed E-state index contributed by atoms with van der Waals surface area (Å²) in [5, 5.41) is 10.4. The third-order valence-electron chi connectivity index (χ3n) is 7.20. The SMILES string of the molecule is CCN(CC)CCNC(=O)c1c(C)[nH]c(/C=C2\C(=O)Nc3ccc(-c4cnn(-c5ccccn5)c4)cc32)c1C. The highest BCUT2D eigenvalue weighted by atomic mass is 16.2. The summed E-state index contributed by atoms with van der Waals surface area (Å²) in [6.07, 6.45) is 7.26. The lowest BCUT2D eigenvalue weighted by Gasteiger charge is -2.18. The zero-order chi connectivity index (χ0) is 27.5. The van der Waals surface area contributed by atoms with Gasteiger partial charge in [-0.25, -0.2) is 9.67 Å². The molecule has 0 aliphatic carbocycles. The Hall–Kier alpha value is -4.50. The molecule has 4 aromatic rings. The lowest BCUT2D eigenvalue weighted by Crippen LogP contribution is -2.35. The van der Waals surface area contributed by atoms with Gasteiger partial charge in [0.1, 0.15) is 0 Å². The molecule has 0 saturated heterocycles. The molecule has 1 aromatic carbocycles. The van der Waals surface area contributed by atoms with E-state index >= 15 is 0 Å². The van der Waals surface area contributed by atoms with Crippen LogP contribution in [-0.4, -0.2) is 62.6 Å². The van der Waals surface area contributed by atoms with Crippen molar-refractivity contribution in [2.45, 2.75) is 27.7 Å². The molecule has 1 aliphatic rings. The third kappa shape index (κ3) is 5.26. The number of pyridine rings is 1. The molecule has 1 aliphatic heterocycles. The van der Waals surface area contributed by atoms with Gasteiger partial charge in [-0.15, -0.1) is 0 Å². The van der Waals surface area contributed by atoms with Crippen molar-refractivity contribution in [1.82, 2.24) is 30.0 Å². The number of nitrogens with one attached hydrogen (secondary N) is 3. The number of nitrogens with zero attached hydrogens (tertiary/aromatic N) is 4. The minimum atomic E-state index is -0.178. The molecule has 39 heavy (non-hydrogen) atoms. The first-order chi connectivity index (χ1) is 18.9. The summed E-state index contributed by atoms with van der Waals surface area (Å²) in [4.78, 5) is 35.9. The summed E-state index contributed by atoms with van der Waals surface area (Å²) in [6, 6.07) is 11.5. The fourth-order valence-electron chi connectivity index (χ4n) is 4.96. The molecule has 0 spiro atoms. The second-order valence-corrected chi connectivity index (χ2v) is 9.58. The third-order valence-corrected chi connectivity index (χ3v) is 7.20. The minimum absolute atomic E-state index is 0.110. The Bertz CT molecular complexity index is 1540. The number of hydrogen-bond acceptors (Lipinski definition) is 5. The highest BCUT2D eigenvalue weighted by molar-refractivity contribution is 6.35. The number of hydrogen-bond donors (Lipinski definition) is 3. The number of aryl methyl sites for hydroxylation is 1. The van der Waals surface area contributed by atoms with Gasteiger partial charge in [0.25, 0.3) is 11.8 Å². The van der Waals surface area contributed by atoms with Crippen LogP contribution in [0.25, 0.3) is 28.6 Å². The first kappa shape index (κ1) is 26.1. The average Bonchev–Trinajstić information content (AvgIpc) is 3.63. The molecule has 9 nitrogen and oxygen atoms in total. The predicted octanol–water partition coefficient (Wildman–Crippen LogP) is 4.44. The van der Waals surface area contributed by atoms with Gasteiger partial charge < -0.3 is 20.5 Å². The topological polar surface area (TPSA) is 108 Å². The van der Waals surface area contributed by atoms with Crippen molar-refractivity contribution in [3.8, 4) is 16.9 Å². The second kappa shape index (κ2) is 11.1. The first-order valence-electron chi connectivity index (χ1n) is 13.2. The van der Waals surface area contributed by atoms with Gasteiger partial charge >= 0.3 is 0 Å². The number of fused-ring (bicyclic) bond motifs is 1. The highest BCUT2D eigenvalue weighted by Crippen LogP contribution is 2.37. The van der Waals surface area contributed by atoms with E-state index in [1.54, 1.807) is 17.1 Å². The van der Waals surface area contributed by atoms with Gasteiger partial charge in [0.2, 0.25) is 0 Å². The Labute approximate surface area is 228 Å². The van der Waals surface area contributed by atoms with Crippen molar-refractivity contribution in [3.63, 3.8) is 0 Å². The normalized spacial score (nSPS) is 13.7. The molecular formula is C30H33N7O2. The molecule has 0 unspecified atom stereocenters. The molecule has 2 amide bonds. The maximum absolute atomic E-state index is 13.0. The number of H-pyrrole nitrogens is 1. The van der Waals surface area contributed by atoms with Gasteiger partial charge in [-0.1, -0.05) is 26.0 Å². The Morgan fingerprint density at radius 3 is 2.69 bits per heavy atom. The molecule has 0 saturated carbocycles. The summed E-state index contributed by atoms with van der Waals surface area (Å²) >= 11 is 0. The number of aromatic nitrogens is 4.